The van der Waals surface area contributed by atoms with Crippen LogP contribution in [0.15, 0.2) is 18.2 Å². The average molecular weight is 261 g/mol. The van der Waals surface area contributed by atoms with E-state index in [0.717, 1.165) is 0 Å². The van der Waals surface area contributed by atoms with Gasteiger partial charge in [0.2, 0.25) is 0 Å². The van der Waals surface area contributed by atoms with Gasteiger partial charge in [0, 0.05) is 12.6 Å². The molecule has 1 fully saturated rings. The highest BCUT2D eigenvalue weighted by Gasteiger charge is 2.34. The third kappa shape index (κ3) is 2.33. The number of anilines is 1. The fourth-order valence-corrected chi connectivity index (χ4v) is 2.29. The molecule has 7 heteroatoms. The second-order valence-corrected chi connectivity index (χ2v) is 4.26. The number of benzene rings is 1. The number of nitro benzene ring substituents is 1. The molecule has 19 heavy (non-hydrogen) atoms. The SMILES string of the molecule is N#Cc1ccc(N2CCC[C@@H]2C(=O)O)c([N+](=O)[O-])c1. The minimum Gasteiger partial charge on any atom is -0.480 e. The van der Waals surface area contributed by atoms with Crippen molar-refractivity contribution in [3.05, 3.63) is 33.9 Å². The molecule has 7 nitrogen and oxygen atoms in total. The second kappa shape index (κ2) is 4.94. The summed E-state index contributed by atoms with van der Waals surface area (Å²) in [5, 5.41) is 28.9. The number of carbonyl (C=O) groups is 1. The molecule has 0 saturated carbocycles. The van der Waals surface area contributed by atoms with Gasteiger partial charge in [0.1, 0.15) is 11.7 Å². The van der Waals surface area contributed by atoms with E-state index in [1.807, 2.05) is 6.07 Å². The Morgan fingerprint density at radius 1 is 1.58 bits per heavy atom. The molecule has 0 spiro atoms. The standard InChI is InChI=1S/C12H11N3O4/c13-7-8-3-4-9(11(6-8)15(18)19)14-5-1-2-10(14)12(16)17/h3-4,6,10H,1-2,5H2,(H,16,17)/t10-/m1/s1. The largest absolute Gasteiger partial charge is 0.480 e. The number of rotatable bonds is 3. The number of hydrogen-bond donors (Lipinski definition) is 1. The molecule has 0 bridgehead atoms. The lowest BCUT2D eigenvalue weighted by molar-refractivity contribution is -0.384. The van der Waals surface area contributed by atoms with Crippen LogP contribution in [0.25, 0.3) is 0 Å². The van der Waals surface area contributed by atoms with Crippen LogP contribution in [-0.2, 0) is 4.79 Å². The van der Waals surface area contributed by atoms with Gasteiger partial charge in [-0.3, -0.25) is 10.1 Å². The summed E-state index contributed by atoms with van der Waals surface area (Å²) < 4.78 is 0. The van der Waals surface area contributed by atoms with E-state index in [1.54, 1.807) is 0 Å². The number of carboxylic acids is 1. The van der Waals surface area contributed by atoms with Crippen LogP contribution in [0.2, 0.25) is 0 Å². The van der Waals surface area contributed by atoms with Gasteiger partial charge in [-0.15, -0.1) is 0 Å². The molecule has 98 valence electrons. The van der Waals surface area contributed by atoms with E-state index in [2.05, 4.69) is 0 Å². The fourth-order valence-electron chi connectivity index (χ4n) is 2.29. The van der Waals surface area contributed by atoms with E-state index in [0.29, 0.717) is 19.4 Å². The molecule has 1 atom stereocenters. The summed E-state index contributed by atoms with van der Waals surface area (Å²) in [6, 6.07) is 5.16. The molecule has 1 heterocycles. The van der Waals surface area contributed by atoms with Crippen LogP contribution in [0.5, 0.6) is 0 Å². The second-order valence-electron chi connectivity index (χ2n) is 4.26. The number of carboxylic acid groups (broad SMARTS) is 1. The molecule has 1 aliphatic rings. The first-order chi connectivity index (χ1) is 9.04. The van der Waals surface area contributed by atoms with E-state index in [1.165, 1.54) is 23.1 Å². The van der Waals surface area contributed by atoms with Gasteiger partial charge in [0.05, 0.1) is 16.6 Å². The fraction of sp³-hybridized carbons (Fsp3) is 0.333. The van der Waals surface area contributed by atoms with Crippen molar-refractivity contribution in [2.45, 2.75) is 18.9 Å². The lowest BCUT2D eigenvalue weighted by Crippen LogP contribution is -2.36. The summed E-state index contributed by atoms with van der Waals surface area (Å²) in [7, 11) is 0. The van der Waals surface area contributed by atoms with Crippen LogP contribution in [0.1, 0.15) is 18.4 Å². The van der Waals surface area contributed by atoms with Crippen molar-refractivity contribution in [2.24, 2.45) is 0 Å². The van der Waals surface area contributed by atoms with Crippen LogP contribution in [0.3, 0.4) is 0 Å². The van der Waals surface area contributed by atoms with Gasteiger partial charge in [-0.2, -0.15) is 5.26 Å². The topological polar surface area (TPSA) is 107 Å². The lowest BCUT2D eigenvalue weighted by atomic mass is 10.1. The van der Waals surface area contributed by atoms with Crippen LogP contribution in [-0.4, -0.2) is 28.6 Å². The van der Waals surface area contributed by atoms with Crippen LogP contribution < -0.4 is 4.90 Å². The molecule has 0 radical (unpaired) electrons. The molecule has 1 aromatic carbocycles. The first kappa shape index (κ1) is 12.8. The first-order valence-corrected chi connectivity index (χ1v) is 5.72. The number of nitriles is 1. The summed E-state index contributed by atoms with van der Waals surface area (Å²) in [6.45, 7) is 0.462. The summed E-state index contributed by atoms with van der Waals surface area (Å²) in [5.41, 5.74) is 0.211. The molecular formula is C12H11N3O4. The Hall–Kier alpha value is -2.62. The summed E-state index contributed by atoms with van der Waals surface area (Å²) >= 11 is 0. The van der Waals surface area contributed by atoms with Gasteiger partial charge >= 0.3 is 5.97 Å². The lowest BCUT2D eigenvalue weighted by Gasteiger charge is -2.23. The number of hydrogen-bond acceptors (Lipinski definition) is 5. The molecule has 2 rings (SSSR count). The Balaban J connectivity index is 2.47. The smallest absolute Gasteiger partial charge is 0.326 e. The normalized spacial score (nSPS) is 18.1. The molecule has 1 saturated heterocycles. The molecule has 1 aromatic rings. The summed E-state index contributed by atoms with van der Waals surface area (Å²) in [5.74, 6) is -0.990. The highest BCUT2D eigenvalue weighted by molar-refractivity contribution is 5.81. The predicted molar refractivity (Wildman–Crippen MR) is 65.8 cm³/mol. The van der Waals surface area contributed by atoms with Gasteiger partial charge in [-0.05, 0) is 25.0 Å². The van der Waals surface area contributed by atoms with Gasteiger partial charge in [0.25, 0.3) is 5.69 Å². The van der Waals surface area contributed by atoms with E-state index in [-0.39, 0.29) is 16.9 Å². The summed E-state index contributed by atoms with van der Waals surface area (Å²) in [6.07, 6.45) is 1.14. The molecule has 0 amide bonds. The van der Waals surface area contributed by atoms with Crippen LogP contribution in [0.4, 0.5) is 11.4 Å². The highest BCUT2D eigenvalue weighted by Crippen LogP contribution is 2.34. The predicted octanol–water partition coefficient (Wildman–Crippen LogP) is 1.52. The van der Waals surface area contributed by atoms with E-state index in [9.17, 15) is 14.9 Å². The zero-order valence-corrected chi connectivity index (χ0v) is 9.94. The summed E-state index contributed by atoms with van der Waals surface area (Å²) in [4.78, 5) is 23.1. The average Bonchev–Trinajstić information content (AvgIpc) is 2.87. The number of nitrogens with zero attached hydrogens (tertiary/aromatic N) is 3. The molecular weight excluding hydrogens is 250 g/mol. The quantitative estimate of drug-likeness (QED) is 0.652. The third-order valence-electron chi connectivity index (χ3n) is 3.15. The molecule has 0 aromatic heterocycles. The van der Waals surface area contributed by atoms with Crippen LogP contribution in [0, 0.1) is 21.4 Å². The van der Waals surface area contributed by atoms with Gasteiger partial charge in [-0.25, -0.2) is 4.79 Å². The Kier molecular flexibility index (Phi) is 3.33. The van der Waals surface area contributed by atoms with Crippen molar-refractivity contribution in [1.82, 2.24) is 0 Å². The first-order valence-electron chi connectivity index (χ1n) is 5.72. The Morgan fingerprint density at radius 2 is 2.32 bits per heavy atom. The van der Waals surface area contributed by atoms with E-state index in [4.69, 9.17) is 10.4 Å². The highest BCUT2D eigenvalue weighted by atomic mass is 16.6. The van der Waals surface area contributed by atoms with Crippen LogP contribution >= 0.6 is 0 Å². The number of aliphatic carboxylic acids is 1. The number of nitro groups is 1. The third-order valence-corrected chi connectivity index (χ3v) is 3.15. The molecule has 1 aliphatic heterocycles. The zero-order valence-electron chi connectivity index (χ0n) is 9.94. The van der Waals surface area contributed by atoms with Crippen molar-refractivity contribution in [3.63, 3.8) is 0 Å². The van der Waals surface area contributed by atoms with Crippen molar-refractivity contribution >= 4 is 17.3 Å². The van der Waals surface area contributed by atoms with Gasteiger partial charge in [0.15, 0.2) is 0 Å². The Bertz CT molecular complexity index is 579. The van der Waals surface area contributed by atoms with Crippen molar-refractivity contribution < 1.29 is 14.8 Å². The van der Waals surface area contributed by atoms with Crippen molar-refractivity contribution in [3.8, 4) is 6.07 Å². The molecule has 0 unspecified atom stereocenters. The van der Waals surface area contributed by atoms with E-state index < -0.39 is 16.9 Å². The minimum absolute atomic E-state index is 0.182. The Labute approximate surface area is 108 Å². The molecule has 1 N–H and O–H groups in total. The van der Waals surface area contributed by atoms with E-state index >= 15 is 0 Å². The minimum atomic E-state index is -0.990. The zero-order chi connectivity index (χ0) is 14.0. The maximum Gasteiger partial charge on any atom is 0.326 e. The monoisotopic (exact) mass is 261 g/mol. The van der Waals surface area contributed by atoms with Crippen molar-refractivity contribution in [1.29, 1.82) is 5.26 Å². The van der Waals surface area contributed by atoms with Gasteiger partial charge < -0.3 is 10.0 Å². The Morgan fingerprint density at radius 3 is 2.89 bits per heavy atom. The molecule has 0 aliphatic carbocycles. The maximum atomic E-state index is 11.1. The van der Waals surface area contributed by atoms with Crippen molar-refractivity contribution in [2.75, 3.05) is 11.4 Å². The van der Waals surface area contributed by atoms with Gasteiger partial charge in [-0.1, -0.05) is 0 Å². The maximum absolute atomic E-state index is 11.1.